The highest BCUT2D eigenvalue weighted by atomic mass is 15.0. The average Bonchev–Trinajstić information content (AvgIpc) is 3.21. The molecule has 0 aliphatic heterocycles. The van der Waals surface area contributed by atoms with Gasteiger partial charge >= 0.3 is 0 Å². The van der Waals surface area contributed by atoms with Crippen molar-refractivity contribution in [3.8, 4) is 5.69 Å². The first-order chi connectivity index (χ1) is 16.3. The maximum Gasteiger partial charge on any atom is 0.0541 e. The molecule has 1 aromatic heterocycles. The number of fused-ring (bicyclic) bond motifs is 3. The van der Waals surface area contributed by atoms with Crippen molar-refractivity contribution in [1.29, 1.82) is 0 Å². The van der Waals surface area contributed by atoms with Crippen molar-refractivity contribution in [3.05, 3.63) is 78.4 Å². The van der Waals surface area contributed by atoms with E-state index in [1.807, 2.05) is 0 Å². The highest BCUT2D eigenvalue weighted by Gasteiger charge is 2.70. The lowest BCUT2D eigenvalue weighted by Crippen LogP contribution is -2.69. The molecular weight excluding hydrogens is 398 g/mol. The standard InChI is InChI=1S/C32H31N/c1-3-7-30-23(5-1)24-6-2-4-8-31(24)33(30)22-11-9-21(10-12-22)32-18-20-14-26-25-13-19(16-28(26)32)17-29(32)27(25)15-20/h1-12,19-20,25-29H,13-18H2. The summed E-state index contributed by atoms with van der Waals surface area (Å²) in [5.74, 6) is 7.21. The van der Waals surface area contributed by atoms with Gasteiger partial charge in [-0.15, -0.1) is 0 Å². The van der Waals surface area contributed by atoms with E-state index in [4.69, 9.17) is 0 Å². The Morgan fingerprint density at radius 3 is 1.79 bits per heavy atom. The summed E-state index contributed by atoms with van der Waals surface area (Å²) >= 11 is 0. The van der Waals surface area contributed by atoms with Gasteiger partial charge in [-0.1, -0.05) is 48.5 Å². The van der Waals surface area contributed by atoms with Crippen molar-refractivity contribution in [2.24, 2.45) is 41.4 Å². The van der Waals surface area contributed by atoms with Gasteiger partial charge in [0.2, 0.25) is 0 Å². The third kappa shape index (κ3) is 2.04. The Morgan fingerprint density at radius 1 is 0.576 bits per heavy atom. The van der Waals surface area contributed by atoms with E-state index in [2.05, 4.69) is 77.4 Å². The maximum absolute atomic E-state index is 2.56. The Labute approximate surface area is 195 Å². The second kappa shape index (κ2) is 5.93. The summed E-state index contributed by atoms with van der Waals surface area (Å²) < 4.78 is 2.48. The number of hydrogen-bond acceptors (Lipinski definition) is 0. The number of hydrogen-bond donors (Lipinski definition) is 0. The van der Waals surface area contributed by atoms with Crippen LogP contribution in [0.4, 0.5) is 0 Å². The van der Waals surface area contributed by atoms with Gasteiger partial charge < -0.3 is 4.57 Å². The number of nitrogens with zero attached hydrogens (tertiary/aromatic N) is 1. The first-order valence-corrected chi connectivity index (χ1v) is 13.4. The smallest absolute Gasteiger partial charge is 0.0541 e. The van der Waals surface area contributed by atoms with E-state index in [9.17, 15) is 0 Å². The van der Waals surface area contributed by atoms with Gasteiger partial charge in [-0.2, -0.15) is 0 Å². The van der Waals surface area contributed by atoms with Gasteiger partial charge in [-0.05, 0) is 110 Å². The molecule has 4 unspecified atom stereocenters. The van der Waals surface area contributed by atoms with Gasteiger partial charge in [0.05, 0.1) is 11.0 Å². The van der Waals surface area contributed by atoms with E-state index >= 15 is 0 Å². The first kappa shape index (κ1) is 17.9. The molecule has 0 radical (unpaired) electrons. The van der Waals surface area contributed by atoms with Crippen molar-refractivity contribution in [2.45, 2.75) is 43.9 Å². The molecule has 7 fully saturated rings. The molecule has 1 heteroatoms. The molecule has 7 aliphatic carbocycles. The predicted molar refractivity (Wildman–Crippen MR) is 135 cm³/mol. The molecule has 33 heavy (non-hydrogen) atoms. The lowest BCUT2D eigenvalue weighted by molar-refractivity contribution is -0.220. The van der Waals surface area contributed by atoms with Gasteiger partial charge in [-0.3, -0.25) is 0 Å². The van der Waals surface area contributed by atoms with E-state index < -0.39 is 0 Å². The number of para-hydroxylation sites is 2. The summed E-state index contributed by atoms with van der Waals surface area (Å²) in [5, 5.41) is 2.71. The Bertz CT molecular complexity index is 1350. The zero-order chi connectivity index (χ0) is 21.3. The average molecular weight is 430 g/mol. The summed E-state index contributed by atoms with van der Waals surface area (Å²) in [6, 6.07) is 27.8. The quantitative estimate of drug-likeness (QED) is 0.307. The minimum Gasteiger partial charge on any atom is -0.309 e. The third-order valence-corrected chi connectivity index (χ3v) is 11.3. The first-order valence-electron chi connectivity index (χ1n) is 13.4. The predicted octanol–water partition coefficient (Wildman–Crippen LogP) is 7.74. The molecule has 4 aromatic rings. The molecule has 8 bridgehead atoms. The Morgan fingerprint density at radius 2 is 1.15 bits per heavy atom. The lowest BCUT2D eigenvalue weighted by Gasteiger charge is -2.74. The molecular formula is C32H31N. The van der Waals surface area contributed by atoms with Crippen LogP contribution in [0.3, 0.4) is 0 Å². The van der Waals surface area contributed by atoms with Gasteiger partial charge in [0.25, 0.3) is 0 Å². The monoisotopic (exact) mass is 429 g/mol. The number of aromatic nitrogens is 1. The molecule has 0 amide bonds. The van der Waals surface area contributed by atoms with Crippen LogP contribution in [-0.2, 0) is 5.41 Å². The van der Waals surface area contributed by atoms with Crippen molar-refractivity contribution < 1.29 is 0 Å². The second-order valence-corrected chi connectivity index (χ2v) is 12.3. The molecule has 0 saturated heterocycles. The zero-order valence-electron chi connectivity index (χ0n) is 19.2. The minimum atomic E-state index is 0.503. The Hall–Kier alpha value is -2.54. The molecule has 1 heterocycles. The molecule has 1 nitrogen and oxygen atoms in total. The number of rotatable bonds is 2. The van der Waals surface area contributed by atoms with Crippen molar-refractivity contribution in [2.75, 3.05) is 0 Å². The van der Waals surface area contributed by atoms with Crippen molar-refractivity contribution >= 4 is 21.8 Å². The molecule has 164 valence electrons. The van der Waals surface area contributed by atoms with Gasteiger partial charge in [-0.25, -0.2) is 0 Å². The van der Waals surface area contributed by atoms with Gasteiger partial charge in [0.15, 0.2) is 0 Å². The molecule has 7 aliphatic rings. The topological polar surface area (TPSA) is 4.93 Å². The molecule has 0 spiro atoms. The fraction of sp³-hybridized carbons (Fsp3) is 0.438. The number of benzene rings is 3. The fourth-order valence-corrected chi connectivity index (χ4v) is 10.6. The van der Waals surface area contributed by atoms with E-state index in [1.165, 1.54) is 46.8 Å². The van der Waals surface area contributed by atoms with Crippen LogP contribution in [0.1, 0.15) is 44.1 Å². The Balaban J connectivity index is 1.21. The second-order valence-electron chi connectivity index (χ2n) is 12.3. The van der Waals surface area contributed by atoms with Gasteiger partial charge in [0.1, 0.15) is 0 Å². The van der Waals surface area contributed by atoms with E-state index in [0.29, 0.717) is 5.41 Å². The highest BCUT2D eigenvalue weighted by Crippen LogP contribution is 2.76. The lowest BCUT2D eigenvalue weighted by atomic mass is 9.30. The van der Waals surface area contributed by atoms with Crippen LogP contribution in [0, 0.1) is 41.4 Å². The summed E-state index contributed by atoms with van der Waals surface area (Å²) in [6.45, 7) is 0. The van der Waals surface area contributed by atoms with Crippen LogP contribution in [0.25, 0.3) is 27.5 Å². The normalized spacial score (nSPS) is 39.8. The maximum atomic E-state index is 2.56. The van der Waals surface area contributed by atoms with Crippen LogP contribution in [0.15, 0.2) is 72.8 Å². The molecule has 11 rings (SSSR count). The van der Waals surface area contributed by atoms with Crippen LogP contribution in [-0.4, -0.2) is 4.57 Å². The minimum absolute atomic E-state index is 0.503. The van der Waals surface area contributed by atoms with Crippen LogP contribution in [0.2, 0.25) is 0 Å². The van der Waals surface area contributed by atoms with E-state index in [1.54, 1.807) is 24.8 Å². The van der Waals surface area contributed by atoms with Crippen LogP contribution in [0.5, 0.6) is 0 Å². The highest BCUT2D eigenvalue weighted by molar-refractivity contribution is 6.09. The molecule has 4 atom stereocenters. The Kier molecular flexibility index (Phi) is 3.21. The summed E-state index contributed by atoms with van der Waals surface area (Å²) in [4.78, 5) is 0. The fourth-order valence-electron chi connectivity index (χ4n) is 10.6. The molecule has 0 N–H and O–H groups in total. The van der Waals surface area contributed by atoms with Crippen LogP contribution < -0.4 is 0 Å². The third-order valence-electron chi connectivity index (χ3n) is 11.3. The SMILES string of the molecule is c1ccc2c(c1)c1ccccc1n2-c1ccc(C23CC4CC5C6CC(CC52)CC3C6C4)cc1. The van der Waals surface area contributed by atoms with Crippen molar-refractivity contribution in [1.82, 2.24) is 4.57 Å². The summed E-state index contributed by atoms with van der Waals surface area (Å²) in [5.41, 5.74) is 6.15. The molecule has 7 saturated carbocycles. The van der Waals surface area contributed by atoms with Crippen LogP contribution >= 0.6 is 0 Å². The van der Waals surface area contributed by atoms with Crippen molar-refractivity contribution in [3.63, 3.8) is 0 Å². The largest absolute Gasteiger partial charge is 0.309 e. The summed E-state index contributed by atoms with van der Waals surface area (Å²) in [7, 11) is 0. The molecule has 3 aromatic carbocycles. The summed E-state index contributed by atoms with van der Waals surface area (Å²) in [6.07, 6.45) is 9.26. The van der Waals surface area contributed by atoms with Gasteiger partial charge in [0, 0.05) is 21.9 Å². The zero-order valence-corrected chi connectivity index (χ0v) is 19.2. The van der Waals surface area contributed by atoms with E-state index in [0.717, 1.165) is 41.4 Å². The van der Waals surface area contributed by atoms with E-state index in [-0.39, 0.29) is 0 Å².